The van der Waals surface area contributed by atoms with E-state index in [1.807, 2.05) is 43.3 Å². The molecule has 0 aliphatic rings. The number of rotatable bonds is 10. The predicted molar refractivity (Wildman–Crippen MR) is 94.6 cm³/mol. The van der Waals surface area contributed by atoms with Gasteiger partial charge in [-0.2, -0.15) is 0 Å². The second kappa shape index (κ2) is 10.1. The summed E-state index contributed by atoms with van der Waals surface area (Å²) >= 11 is 0. The van der Waals surface area contributed by atoms with Crippen molar-refractivity contribution < 1.29 is 23.7 Å². The molecule has 6 nitrogen and oxygen atoms in total. The highest BCUT2D eigenvalue weighted by Gasteiger charge is 2.06. The van der Waals surface area contributed by atoms with Gasteiger partial charge in [0.05, 0.1) is 20.3 Å². The van der Waals surface area contributed by atoms with Gasteiger partial charge in [-0.05, 0) is 43.3 Å². The lowest BCUT2D eigenvalue weighted by Crippen LogP contribution is -2.32. The van der Waals surface area contributed by atoms with Gasteiger partial charge in [0.25, 0.3) is 5.91 Å². The highest BCUT2D eigenvalue weighted by atomic mass is 16.5. The molecule has 1 amide bonds. The molecule has 25 heavy (non-hydrogen) atoms. The van der Waals surface area contributed by atoms with Gasteiger partial charge in [0, 0.05) is 0 Å². The SMILES string of the molecule is CCOc1ccc(OCCNC(=O)COc2ccccc2OC)cc1. The fourth-order valence-electron chi connectivity index (χ4n) is 2.09. The topological polar surface area (TPSA) is 66.0 Å². The number of ether oxygens (including phenoxy) is 4. The summed E-state index contributed by atoms with van der Waals surface area (Å²) in [7, 11) is 1.56. The van der Waals surface area contributed by atoms with Gasteiger partial charge in [-0.1, -0.05) is 12.1 Å². The molecule has 0 heterocycles. The fraction of sp³-hybridized carbons (Fsp3) is 0.316. The van der Waals surface area contributed by atoms with Gasteiger partial charge in [-0.15, -0.1) is 0 Å². The monoisotopic (exact) mass is 345 g/mol. The lowest BCUT2D eigenvalue weighted by atomic mass is 10.3. The van der Waals surface area contributed by atoms with Crippen LogP contribution in [-0.2, 0) is 4.79 Å². The zero-order valence-electron chi connectivity index (χ0n) is 14.5. The van der Waals surface area contributed by atoms with Crippen LogP contribution >= 0.6 is 0 Å². The number of carbonyl (C=O) groups excluding carboxylic acids is 1. The lowest BCUT2D eigenvalue weighted by Gasteiger charge is -2.11. The number of methoxy groups -OCH3 is 1. The van der Waals surface area contributed by atoms with Crippen LogP contribution in [0.1, 0.15) is 6.92 Å². The highest BCUT2D eigenvalue weighted by molar-refractivity contribution is 5.77. The first-order valence-electron chi connectivity index (χ1n) is 8.11. The molecule has 0 spiro atoms. The zero-order chi connectivity index (χ0) is 17.9. The summed E-state index contributed by atoms with van der Waals surface area (Å²) in [6, 6.07) is 14.5. The first-order valence-corrected chi connectivity index (χ1v) is 8.11. The van der Waals surface area contributed by atoms with Gasteiger partial charge in [-0.3, -0.25) is 4.79 Å². The number of nitrogens with one attached hydrogen (secondary N) is 1. The zero-order valence-corrected chi connectivity index (χ0v) is 14.5. The Morgan fingerprint density at radius 2 is 1.56 bits per heavy atom. The highest BCUT2D eigenvalue weighted by Crippen LogP contribution is 2.25. The first-order chi connectivity index (χ1) is 12.2. The molecular weight excluding hydrogens is 322 g/mol. The smallest absolute Gasteiger partial charge is 0.258 e. The minimum atomic E-state index is -0.221. The lowest BCUT2D eigenvalue weighted by molar-refractivity contribution is -0.123. The van der Waals surface area contributed by atoms with Crippen LogP contribution in [-0.4, -0.2) is 39.4 Å². The second-order valence-electron chi connectivity index (χ2n) is 5.04. The van der Waals surface area contributed by atoms with Crippen molar-refractivity contribution in [2.75, 3.05) is 33.5 Å². The maximum atomic E-state index is 11.8. The van der Waals surface area contributed by atoms with Crippen molar-refractivity contribution in [3.8, 4) is 23.0 Å². The van der Waals surface area contributed by atoms with E-state index < -0.39 is 0 Å². The molecule has 2 rings (SSSR count). The summed E-state index contributed by atoms with van der Waals surface area (Å²) in [6.07, 6.45) is 0. The van der Waals surface area contributed by atoms with E-state index in [0.29, 0.717) is 31.3 Å². The van der Waals surface area contributed by atoms with E-state index in [-0.39, 0.29) is 12.5 Å². The molecule has 134 valence electrons. The van der Waals surface area contributed by atoms with E-state index in [4.69, 9.17) is 18.9 Å². The van der Waals surface area contributed by atoms with Crippen LogP contribution in [0.25, 0.3) is 0 Å². The third-order valence-electron chi connectivity index (χ3n) is 3.26. The van der Waals surface area contributed by atoms with E-state index in [0.717, 1.165) is 11.5 Å². The maximum absolute atomic E-state index is 11.8. The van der Waals surface area contributed by atoms with Crippen molar-refractivity contribution >= 4 is 5.91 Å². The average Bonchev–Trinajstić information content (AvgIpc) is 2.65. The van der Waals surface area contributed by atoms with E-state index >= 15 is 0 Å². The van der Waals surface area contributed by atoms with Crippen molar-refractivity contribution in [3.05, 3.63) is 48.5 Å². The van der Waals surface area contributed by atoms with Gasteiger partial charge < -0.3 is 24.3 Å². The summed E-state index contributed by atoms with van der Waals surface area (Å²) in [6.45, 7) is 3.24. The number of para-hydroxylation sites is 2. The number of benzene rings is 2. The average molecular weight is 345 g/mol. The van der Waals surface area contributed by atoms with Crippen LogP contribution in [0.5, 0.6) is 23.0 Å². The number of hydrogen-bond acceptors (Lipinski definition) is 5. The molecule has 1 N–H and O–H groups in total. The summed E-state index contributed by atoms with van der Waals surface area (Å²) in [5, 5.41) is 2.74. The molecule has 0 bridgehead atoms. The van der Waals surface area contributed by atoms with Crippen molar-refractivity contribution in [2.45, 2.75) is 6.92 Å². The van der Waals surface area contributed by atoms with Gasteiger partial charge in [0.15, 0.2) is 18.1 Å². The van der Waals surface area contributed by atoms with Crippen LogP contribution in [0.15, 0.2) is 48.5 Å². The summed E-state index contributed by atoms with van der Waals surface area (Å²) in [5.74, 6) is 2.43. The minimum Gasteiger partial charge on any atom is -0.494 e. The summed E-state index contributed by atoms with van der Waals surface area (Å²) < 4.78 is 21.5. The second-order valence-corrected chi connectivity index (χ2v) is 5.04. The number of amides is 1. The molecule has 2 aromatic rings. The molecule has 6 heteroatoms. The van der Waals surface area contributed by atoms with Crippen LogP contribution < -0.4 is 24.3 Å². The van der Waals surface area contributed by atoms with E-state index in [1.165, 1.54) is 0 Å². The fourth-order valence-corrected chi connectivity index (χ4v) is 2.09. The van der Waals surface area contributed by atoms with E-state index in [9.17, 15) is 4.79 Å². The largest absolute Gasteiger partial charge is 0.494 e. The molecule has 0 saturated heterocycles. The van der Waals surface area contributed by atoms with Crippen molar-refractivity contribution in [1.82, 2.24) is 5.32 Å². The normalized spacial score (nSPS) is 10.0. The molecular formula is C19H23NO5. The van der Waals surface area contributed by atoms with Gasteiger partial charge in [0.2, 0.25) is 0 Å². The number of hydrogen-bond donors (Lipinski definition) is 1. The Bertz CT molecular complexity index is 657. The quantitative estimate of drug-likeness (QED) is 0.671. The Morgan fingerprint density at radius 1 is 0.920 bits per heavy atom. The Morgan fingerprint density at radius 3 is 2.20 bits per heavy atom. The Hall–Kier alpha value is -2.89. The predicted octanol–water partition coefficient (Wildman–Crippen LogP) is 2.67. The van der Waals surface area contributed by atoms with E-state index in [1.54, 1.807) is 19.2 Å². The standard InChI is InChI=1S/C19H23NO5/c1-3-23-15-8-10-16(11-9-15)24-13-12-20-19(21)14-25-18-7-5-4-6-17(18)22-2/h4-11H,3,12-14H2,1-2H3,(H,20,21). The van der Waals surface area contributed by atoms with Crippen LogP contribution in [0.3, 0.4) is 0 Å². The molecule has 0 atom stereocenters. The summed E-state index contributed by atoms with van der Waals surface area (Å²) in [4.78, 5) is 11.8. The van der Waals surface area contributed by atoms with Gasteiger partial charge in [-0.25, -0.2) is 0 Å². The third-order valence-corrected chi connectivity index (χ3v) is 3.26. The Labute approximate surface area is 147 Å². The van der Waals surface area contributed by atoms with E-state index in [2.05, 4.69) is 5.32 Å². The maximum Gasteiger partial charge on any atom is 0.258 e. The van der Waals surface area contributed by atoms with Crippen molar-refractivity contribution in [2.24, 2.45) is 0 Å². The Balaban J connectivity index is 1.65. The van der Waals surface area contributed by atoms with Crippen LogP contribution in [0.2, 0.25) is 0 Å². The molecule has 0 aromatic heterocycles. The van der Waals surface area contributed by atoms with Crippen LogP contribution in [0, 0.1) is 0 Å². The van der Waals surface area contributed by atoms with Gasteiger partial charge >= 0.3 is 0 Å². The first kappa shape index (κ1) is 18.4. The molecule has 0 aliphatic carbocycles. The molecule has 0 fully saturated rings. The molecule has 0 radical (unpaired) electrons. The number of carbonyl (C=O) groups is 1. The minimum absolute atomic E-state index is 0.0799. The molecule has 2 aromatic carbocycles. The van der Waals surface area contributed by atoms with Crippen molar-refractivity contribution in [1.29, 1.82) is 0 Å². The third kappa shape index (κ3) is 6.25. The molecule has 0 saturated carbocycles. The van der Waals surface area contributed by atoms with Crippen molar-refractivity contribution in [3.63, 3.8) is 0 Å². The Kier molecular flexibility index (Phi) is 7.43. The summed E-state index contributed by atoms with van der Waals surface area (Å²) in [5.41, 5.74) is 0. The molecule has 0 aliphatic heterocycles. The van der Waals surface area contributed by atoms with Gasteiger partial charge in [0.1, 0.15) is 18.1 Å². The molecule has 0 unspecified atom stereocenters. The van der Waals surface area contributed by atoms with Crippen LogP contribution in [0.4, 0.5) is 0 Å².